The number of carbonyl (C=O) groups excluding carboxylic acids is 1. The fraction of sp³-hybridized carbons (Fsp3) is 0.741. The molecule has 1 aromatic carbocycles. The summed E-state index contributed by atoms with van der Waals surface area (Å²) in [6.45, 7) is 2.53. The highest BCUT2D eigenvalue weighted by atomic mass is 16.6. The lowest BCUT2D eigenvalue weighted by atomic mass is 10.0. The molecule has 0 spiro atoms. The molecule has 0 unspecified atom stereocenters. The molecule has 3 rings (SSSR count). The molecular weight excluding hydrogens is 404 g/mol. The van der Waals surface area contributed by atoms with E-state index >= 15 is 0 Å². The molecule has 2 saturated heterocycles. The van der Waals surface area contributed by atoms with E-state index in [1.807, 2.05) is 18.2 Å². The van der Waals surface area contributed by atoms with Gasteiger partial charge in [0.15, 0.2) is 0 Å². The van der Waals surface area contributed by atoms with Gasteiger partial charge in [-0.1, -0.05) is 76.5 Å². The van der Waals surface area contributed by atoms with Crippen molar-refractivity contribution in [3.63, 3.8) is 0 Å². The summed E-state index contributed by atoms with van der Waals surface area (Å²) in [5.74, 6) is -0.307. The number of rotatable bonds is 14. The van der Waals surface area contributed by atoms with Gasteiger partial charge in [0.1, 0.15) is 6.61 Å². The SMILES string of the molecule is CCCCCCCCCC[C@@H](O)[C@H]1CC[C@@H]([C@@H]2CC[C@H](COC(=O)c3ccccc3)O2)O1. The van der Waals surface area contributed by atoms with Gasteiger partial charge >= 0.3 is 5.97 Å². The zero-order valence-corrected chi connectivity index (χ0v) is 19.8. The lowest BCUT2D eigenvalue weighted by Crippen LogP contribution is -2.31. The highest BCUT2D eigenvalue weighted by Gasteiger charge is 2.39. The number of aliphatic hydroxyl groups is 1. The lowest BCUT2D eigenvalue weighted by molar-refractivity contribution is -0.0990. The molecule has 0 aliphatic carbocycles. The maximum atomic E-state index is 12.1. The van der Waals surface area contributed by atoms with Crippen LogP contribution in [0.15, 0.2) is 30.3 Å². The van der Waals surface area contributed by atoms with E-state index in [-0.39, 0.29) is 43.1 Å². The van der Waals surface area contributed by atoms with Crippen molar-refractivity contribution in [3.8, 4) is 0 Å². The molecule has 2 aliphatic heterocycles. The Morgan fingerprint density at radius 2 is 1.59 bits per heavy atom. The Morgan fingerprint density at radius 3 is 2.34 bits per heavy atom. The van der Waals surface area contributed by atoms with Crippen LogP contribution in [0, 0.1) is 0 Å². The first-order chi connectivity index (χ1) is 15.7. The molecule has 5 atom stereocenters. The number of unbranched alkanes of at least 4 members (excludes halogenated alkanes) is 7. The summed E-state index contributed by atoms with van der Waals surface area (Å²) in [6.07, 6.45) is 14.2. The monoisotopic (exact) mass is 446 g/mol. The molecule has 0 amide bonds. The Bertz CT molecular complexity index is 649. The molecule has 2 heterocycles. The van der Waals surface area contributed by atoms with Crippen molar-refractivity contribution >= 4 is 5.97 Å². The van der Waals surface area contributed by atoms with Gasteiger partial charge in [-0.25, -0.2) is 4.79 Å². The van der Waals surface area contributed by atoms with Gasteiger partial charge in [0, 0.05) is 0 Å². The minimum absolute atomic E-state index is 0.0377. The summed E-state index contributed by atoms with van der Waals surface area (Å²) in [4.78, 5) is 12.1. The van der Waals surface area contributed by atoms with Crippen LogP contribution in [-0.2, 0) is 14.2 Å². The quantitative estimate of drug-likeness (QED) is 0.288. The molecule has 1 N–H and O–H groups in total. The van der Waals surface area contributed by atoms with Gasteiger partial charge in [0.25, 0.3) is 0 Å². The van der Waals surface area contributed by atoms with Crippen molar-refractivity contribution in [2.75, 3.05) is 6.61 Å². The van der Waals surface area contributed by atoms with Crippen LogP contribution in [0.1, 0.15) is 101 Å². The summed E-state index contributed by atoms with van der Waals surface area (Å²) in [7, 11) is 0. The maximum Gasteiger partial charge on any atom is 0.338 e. The van der Waals surface area contributed by atoms with E-state index in [0.29, 0.717) is 5.56 Å². The first-order valence-corrected chi connectivity index (χ1v) is 12.9. The second kappa shape index (κ2) is 14.0. The minimum Gasteiger partial charge on any atom is -0.459 e. The number of aliphatic hydroxyl groups excluding tert-OH is 1. The minimum atomic E-state index is -0.371. The summed E-state index contributed by atoms with van der Waals surface area (Å²) in [6, 6.07) is 9.05. The zero-order chi connectivity index (χ0) is 22.6. The second-order valence-electron chi connectivity index (χ2n) is 9.46. The van der Waals surface area contributed by atoms with E-state index in [1.54, 1.807) is 12.1 Å². The smallest absolute Gasteiger partial charge is 0.338 e. The molecule has 0 aromatic heterocycles. The van der Waals surface area contributed by atoms with Crippen LogP contribution >= 0.6 is 0 Å². The third kappa shape index (κ3) is 8.17. The largest absolute Gasteiger partial charge is 0.459 e. The van der Waals surface area contributed by atoms with Gasteiger partial charge in [0.2, 0.25) is 0 Å². The van der Waals surface area contributed by atoms with E-state index < -0.39 is 0 Å². The maximum absolute atomic E-state index is 12.1. The van der Waals surface area contributed by atoms with Crippen LogP contribution in [0.5, 0.6) is 0 Å². The van der Waals surface area contributed by atoms with Gasteiger partial charge in [-0.15, -0.1) is 0 Å². The van der Waals surface area contributed by atoms with Crippen molar-refractivity contribution in [1.29, 1.82) is 0 Å². The fourth-order valence-corrected chi connectivity index (χ4v) is 4.87. The molecule has 5 heteroatoms. The summed E-state index contributed by atoms with van der Waals surface area (Å²) >= 11 is 0. The van der Waals surface area contributed by atoms with Crippen molar-refractivity contribution < 1.29 is 24.1 Å². The van der Waals surface area contributed by atoms with E-state index in [0.717, 1.165) is 38.5 Å². The van der Waals surface area contributed by atoms with Gasteiger partial charge in [0.05, 0.1) is 36.1 Å². The number of benzene rings is 1. The molecular formula is C27H42O5. The molecule has 180 valence electrons. The average molecular weight is 447 g/mol. The summed E-state index contributed by atoms with van der Waals surface area (Å²) in [5, 5.41) is 10.6. The van der Waals surface area contributed by atoms with Gasteiger partial charge in [-0.2, -0.15) is 0 Å². The van der Waals surface area contributed by atoms with Crippen LogP contribution in [-0.4, -0.2) is 48.2 Å². The standard InChI is InChI=1S/C27H42O5/c1-2-3-4-5-6-7-8-12-15-23(28)24-18-19-26(32-24)25-17-16-22(31-25)20-30-27(29)21-13-10-9-11-14-21/h9-11,13-14,22-26,28H,2-8,12,15-20H2,1H3/t22-,23-,24-,25+,26+/m1/s1. The third-order valence-corrected chi connectivity index (χ3v) is 6.83. The molecule has 0 bridgehead atoms. The normalized spacial score (nSPS) is 26.3. The van der Waals surface area contributed by atoms with Crippen LogP contribution in [0.2, 0.25) is 0 Å². The van der Waals surface area contributed by atoms with Crippen LogP contribution < -0.4 is 0 Å². The Morgan fingerprint density at radius 1 is 0.938 bits per heavy atom. The zero-order valence-electron chi connectivity index (χ0n) is 19.8. The van der Waals surface area contributed by atoms with Crippen molar-refractivity contribution in [2.24, 2.45) is 0 Å². The topological polar surface area (TPSA) is 65.0 Å². The number of esters is 1. The van der Waals surface area contributed by atoms with E-state index in [1.165, 1.54) is 44.9 Å². The number of hydrogen-bond donors (Lipinski definition) is 1. The van der Waals surface area contributed by atoms with Crippen molar-refractivity contribution in [3.05, 3.63) is 35.9 Å². The number of carbonyl (C=O) groups is 1. The van der Waals surface area contributed by atoms with Crippen molar-refractivity contribution in [2.45, 2.75) is 121 Å². The van der Waals surface area contributed by atoms with E-state index in [2.05, 4.69) is 6.92 Å². The average Bonchev–Trinajstić information content (AvgIpc) is 3.49. The fourth-order valence-electron chi connectivity index (χ4n) is 4.87. The number of hydrogen-bond acceptors (Lipinski definition) is 5. The predicted molar refractivity (Wildman–Crippen MR) is 126 cm³/mol. The highest BCUT2D eigenvalue weighted by molar-refractivity contribution is 5.89. The molecule has 32 heavy (non-hydrogen) atoms. The molecule has 0 saturated carbocycles. The molecule has 5 nitrogen and oxygen atoms in total. The molecule has 1 aromatic rings. The molecule has 2 fully saturated rings. The van der Waals surface area contributed by atoms with Gasteiger partial charge < -0.3 is 19.3 Å². The van der Waals surface area contributed by atoms with E-state index in [9.17, 15) is 9.90 Å². The Hall–Kier alpha value is -1.43. The highest BCUT2D eigenvalue weighted by Crippen LogP contribution is 2.33. The van der Waals surface area contributed by atoms with Crippen LogP contribution in [0.25, 0.3) is 0 Å². The Kier molecular flexibility index (Phi) is 11.0. The first-order valence-electron chi connectivity index (χ1n) is 12.9. The second-order valence-corrected chi connectivity index (χ2v) is 9.46. The van der Waals surface area contributed by atoms with Crippen LogP contribution in [0.3, 0.4) is 0 Å². The Labute approximate surface area is 193 Å². The van der Waals surface area contributed by atoms with Crippen LogP contribution in [0.4, 0.5) is 0 Å². The molecule has 0 radical (unpaired) electrons. The summed E-state index contributed by atoms with van der Waals surface area (Å²) in [5.41, 5.74) is 0.564. The third-order valence-electron chi connectivity index (χ3n) is 6.83. The van der Waals surface area contributed by atoms with Gasteiger partial charge in [-0.3, -0.25) is 0 Å². The number of ether oxygens (including phenoxy) is 3. The van der Waals surface area contributed by atoms with Crippen molar-refractivity contribution in [1.82, 2.24) is 0 Å². The lowest BCUT2D eigenvalue weighted by Gasteiger charge is -2.23. The Balaban J connectivity index is 1.27. The predicted octanol–water partition coefficient (Wildman–Crippen LogP) is 5.83. The van der Waals surface area contributed by atoms with E-state index in [4.69, 9.17) is 14.2 Å². The van der Waals surface area contributed by atoms with Gasteiger partial charge in [-0.05, 0) is 44.2 Å². The molecule has 2 aliphatic rings. The first kappa shape index (κ1) is 25.2. The summed E-state index contributed by atoms with van der Waals surface area (Å²) < 4.78 is 17.7.